The first kappa shape index (κ1) is 15.8. The fraction of sp³-hybridized carbons (Fsp3) is 0.105. The molecule has 0 spiro atoms. The molecule has 1 heterocycles. The molecule has 120 valence electrons. The maximum Gasteiger partial charge on any atom is 0.248 e. The van der Waals surface area contributed by atoms with Crippen LogP contribution in [0.4, 0.5) is 5.69 Å². The van der Waals surface area contributed by atoms with E-state index in [1.165, 1.54) is 6.08 Å². The number of amides is 1. The van der Waals surface area contributed by atoms with Gasteiger partial charge >= 0.3 is 0 Å². The van der Waals surface area contributed by atoms with Gasteiger partial charge in [0.2, 0.25) is 5.91 Å². The molecule has 1 amide bonds. The molecule has 1 aromatic heterocycles. The van der Waals surface area contributed by atoms with Gasteiger partial charge in [0.05, 0.1) is 22.9 Å². The highest BCUT2D eigenvalue weighted by Gasteiger charge is 2.00. The molecule has 0 radical (unpaired) electrons. The number of nitrogens with one attached hydrogen (secondary N) is 1. The molecule has 0 aliphatic carbocycles. The molecule has 0 aliphatic heterocycles. The lowest BCUT2D eigenvalue weighted by Gasteiger charge is -2.03. The SMILES string of the molecule is O=C(C=Cc1cnc2ccccc2n1)Nc1ccc(CCO)cc1. The van der Waals surface area contributed by atoms with Crippen LogP contribution in [0.3, 0.4) is 0 Å². The second-order valence-electron chi connectivity index (χ2n) is 5.28. The molecule has 24 heavy (non-hydrogen) atoms. The van der Waals surface area contributed by atoms with Crippen molar-refractivity contribution in [2.75, 3.05) is 11.9 Å². The zero-order chi connectivity index (χ0) is 16.8. The Bertz CT molecular complexity index is 873. The first-order valence-corrected chi connectivity index (χ1v) is 7.65. The minimum atomic E-state index is -0.236. The molecule has 5 heteroatoms. The second kappa shape index (κ2) is 7.48. The monoisotopic (exact) mass is 319 g/mol. The van der Waals surface area contributed by atoms with E-state index in [4.69, 9.17) is 5.11 Å². The van der Waals surface area contributed by atoms with Crippen LogP contribution in [0.2, 0.25) is 0 Å². The molecule has 2 aromatic carbocycles. The fourth-order valence-corrected chi connectivity index (χ4v) is 2.28. The molecule has 0 atom stereocenters. The summed E-state index contributed by atoms with van der Waals surface area (Å²) in [6.07, 6.45) is 5.31. The summed E-state index contributed by atoms with van der Waals surface area (Å²) < 4.78 is 0. The van der Waals surface area contributed by atoms with Crippen LogP contribution < -0.4 is 5.32 Å². The van der Waals surface area contributed by atoms with Gasteiger partial charge in [0.1, 0.15) is 0 Å². The summed E-state index contributed by atoms with van der Waals surface area (Å²) in [6.45, 7) is 0.112. The van der Waals surface area contributed by atoms with Crippen molar-refractivity contribution in [3.8, 4) is 0 Å². The third kappa shape index (κ3) is 4.02. The molecule has 0 unspecified atom stereocenters. The molecular formula is C19H17N3O2. The Morgan fingerprint density at radius 3 is 2.58 bits per heavy atom. The standard InChI is InChI=1S/C19H17N3O2/c23-12-11-14-5-7-15(8-6-14)22-19(24)10-9-16-13-20-17-3-1-2-4-18(17)21-16/h1-10,13,23H,11-12H2,(H,22,24). The van der Waals surface area contributed by atoms with E-state index in [-0.39, 0.29) is 12.5 Å². The van der Waals surface area contributed by atoms with Gasteiger partial charge in [-0.15, -0.1) is 0 Å². The van der Waals surface area contributed by atoms with E-state index in [9.17, 15) is 4.79 Å². The van der Waals surface area contributed by atoms with E-state index in [2.05, 4.69) is 15.3 Å². The highest BCUT2D eigenvalue weighted by atomic mass is 16.2. The number of para-hydroxylation sites is 2. The van der Waals surface area contributed by atoms with Gasteiger partial charge in [-0.05, 0) is 42.3 Å². The Labute approximate surface area is 139 Å². The van der Waals surface area contributed by atoms with Gasteiger partial charge in [-0.3, -0.25) is 9.78 Å². The smallest absolute Gasteiger partial charge is 0.248 e. The number of aliphatic hydroxyl groups is 1. The summed E-state index contributed by atoms with van der Waals surface area (Å²) >= 11 is 0. The van der Waals surface area contributed by atoms with Crippen LogP contribution in [0.1, 0.15) is 11.3 Å². The number of aliphatic hydroxyl groups excluding tert-OH is 1. The number of rotatable bonds is 5. The summed E-state index contributed by atoms with van der Waals surface area (Å²) in [5.74, 6) is -0.236. The quantitative estimate of drug-likeness (QED) is 0.709. The van der Waals surface area contributed by atoms with Crippen molar-refractivity contribution in [2.24, 2.45) is 0 Å². The minimum Gasteiger partial charge on any atom is -0.396 e. The van der Waals surface area contributed by atoms with E-state index in [1.54, 1.807) is 12.3 Å². The average Bonchev–Trinajstić information content (AvgIpc) is 2.62. The molecule has 0 aliphatic rings. The third-order valence-corrected chi connectivity index (χ3v) is 3.49. The van der Waals surface area contributed by atoms with Crippen molar-refractivity contribution in [2.45, 2.75) is 6.42 Å². The van der Waals surface area contributed by atoms with Crippen LogP contribution in [0.25, 0.3) is 17.1 Å². The van der Waals surface area contributed by atoms with Crippen LogP contribution in [0, 0.1) is 0 Å². The Kier molecular flexibility index (Phi) is 4.93. The minimum absolute atomic E-state index is 0.112. The van der Waals surface area contributed by atoms with Gasteiger partial charge in [-0.1, -0.05) is 24.3 Å². The van der Waals surface area contributed by atoms with Crippen LogP contribution in [-0.4, -0.2) is 27.6 Å². The Morgan fingerprint density at radius 2 is 1.83 bits per heavy atom. The van der Waals surface area contributed by atoms with E-state index in [1.807, 2.05) is 48.5 Å². The van der Waals surface area contributed by atoms with Crippen LogP contribution in [0.5, 0.6) is 0 Å². The number of carbonyl (C=O) groups excluding carboxylic acids is 1. The maximum absolute atomic E-state index is 12.0. The van der Waals surface area contributed by atoms with Gasteiger partial charge in [0, 0.05) is 18.4 Å². The van der Waals surface area contributed by atoms with Gasteiger partial charge in [-0.2, -0.15) is 0 Å². The highest BCUT2D eigenvalue weighted by Crippen LogP contribution is 2.11. The van der Waals surface area contributed by atoms with E-state index in [0.717, 1.165) is 16.6 Å². The van der Waals surface area contributed by atoms with Gasteiger partial charge in [0.25, 0.3) is 0 Å². The number of aromatic nitrogens is 2. The number of fused-ring (bicyclic) bond motifs is 1. The maximum atomic E-state index is 12.0. The van der Waals surface area contributed by atoms with E-state index in [0.29, 0.717) is 17.8 Å². The lowest BCUT2D eigenvalue weighted by Crippen LogP contribution is -2.07. The van der Waals surface area contributed by atoms with Crippen molar-refractivity contribution in [1.82, 2.24) is 9.97 Å². The summed E-state index contributed by atoms with van der Waals surface area (Å²) in [7, 11) is 0. The first-order chi connectivity index (χ1) is 11.7. The molecule has 3 aromatic rings. The molecule has 0 saturated heterocycles. The third-order valence-electron chi connectivity index (χ3n) is 3.49. The molecule has 3 rings (SSSR count). The van der Waals surface area contributed by atoms with E-state index >= 15 is 0 Å². The van der Waals surface area contributed by atoms with Crippen molar-refractivity contribution in [3.63, 3.8) is 0 Å². The fourth-order valence-electron chi connectivity index (χ4n) is 2.28. The predicted molar refractivity (Wildman–Crippen MR) is 94.4 cm³/mol. The van der Waals surface area contributed by atoms with Crippen LogP contribution in [0.15, 0.2) is 60.8 Å². The average molecular weight is 319 g/mol. The van der Waals surface area contributed by atoms with Crippen molar-refractivity contribution < 1.29 is 9.90 Å². The Hall–Kier alpha value is -3.05. The zero-order valence-corrected chi connectivity index (χ0v) is 13.0. The van der Waals surface area contributed by atoms with E-state index < -0.39 is 0 Å². The summed E-state index contributed by atoms with van der Waals surface area (Å²) in [6, 6.07) is 15.0. The molecule has 2 N–H and O–H groups in total. The molecule has 0 saturated carbocycles. The van der Waals surface area contributed by atoms with Crippen molar-refractivity contribution in [1.29, 1.82) is 0 Å². The molecule has 0 bridgehead atoms. The molecular weight excluding hydrogens is 302 g/mol. The highest BCUT2D eigenvalue weighted by molar-refractivity contribution is 6.01. The second-order valence-corrected chi connectivity index (χ2v) is 5.28. The number of anilines is 1. The summed E-state index contributed by atoms with van der Waals surface area (Å²) in [5.41, 5.74) is 3.97. The van der Waals surface area contributed by atoms with Crippen LogP contribution in [-0.2, 0) is 11.2 Å². The molecule has 5 nitrogen and oxygen atoms in total. The van der Waals surface area contributed by atoms with Crippen LogP contribution >= 0.6 is 0 Å². The number of hydrogen-bond acceptors (Lipinski definition) is 4. The summed E-state index contributed by atoms with van der Waals surface area (Å²) in [5, 5.41) is 11.7. The topological polar surface area (TPSA) is 75.1 Å². The number of benzene rings is 2. The van der Waals surface area contributed by atoms with Gasteiger partial charge < -0.3 is 10.4 Å². The number of hydrogen-bond donors (Lipinski definition) is 2. The number of nitrogens with zero attached hydrogens (tertiary/aromatic N) is 2. The molecule has 0 fully saturated rings. The first-order valence-electron chi connectivity index (χ1n) is 7.65. The largest absolute Gasteiger partial charge is 0.396 e. The lowest BCUT2D eigenvalue weighted by molar-refractivity contribution is -0.111. The normalized spacial score (nSPS) is 11.0. The zero-order valence-electron chi connectivity index (χ0n) is 13.0. The summed E-state index contributed by atoms with van der Waals surface area (Å²) in [4.78, 5) is 20.7. The Morgan fingerprint density at radius 1 is 1.08 bits per heavy atom. The Balaban J connectivity index is 1.65. The van der Waals surface area contributed by atoms with Crippen molar-refractivity contribution >= 4 is 28.7 Å². The lowest BCUT2D eigenvalue weighted by atomic mass is 10.1. The predicted octanol–water partition coefficient (Wildman–Crippen LogP) is 2.82. The van der Waals surface area contributed by atoms with Crippen molar-refractivity contribution in [3.05, 3.63) is 72.1 Å². The van der Waals surface area contributed by atoms with Gasteiger partial charge in [0.15, 0.2) is 0 Å². The van der Waals surface area contributed by atoms with Gasteiger partial charge in [-0.25, -0.2) is 4.98 Å². The number of carbonyl (C=O) groups is 1.